The van der Waals surface area contributed by atoms with Crippen molar-refractivity contribution >= 4 is 27.5 Å². The van der Waals surface area contributed by atoms with E-state index >= 15 is 0 Å². The van der Waals surface area contributed by atoms with Crippen LogP contribution in [0.4, 0.5) is 0 Å². The van der Waals surface area contributed by atoms with E-state index in [1.807, 2.05) is 51.1 Å². The zero-order chi connectivity index (χ0) is 24.5. The molecule has 1 aliphatic rings. The quantitative estimate of drug-likeness (QED) is 0.344. The molecule has 8 heteroatoms. The number of hydrogen-bond donors (Lipinski definition) is 1. The molecule has 3 heterocycles. The Bertz CT molecular complexity index is 1380. The second-order valence-corrected chi connectivity index (χ2v) is 9.93. The maximum atomic E-state index is 13.2. The van der Waals surface area contributed by atoms with Gasteiger partial charge in [-0.25, -0.2) is 9.97 Å². The van der Waals surface area contributed by atoms with Crippen molar-refractivity contribution in [2.75, 3.05) is 7.11 Å². The number of aromatic nitrogens is 3. The molecule has 1 aliphatic carbocycles. The lowest BCUT2D eigenvalue weighted by atomic mass is 10.1. The average molecular weight is 489 g/mol. The SMILES string of the molecule is COc1cc(C(C)NC(=O)c2sc3nc(C4CC4)nc(C)c3c2C)ccc1OCc1ccncc1. The number of carbonyl (C=O) groups is 1. The van der Waals surface area contributed by atoms with E-state index in [2.05, 4.69) is 10.3 Å². The lowest BCUT2D eigenvalue weighted by Crippen LogP contribution is -2.26. The number of methoxy groups -OCH3 is 1. The molecule has 0 radical (unpaired) electrons. The zero-order valence-corrected chi connectivity index (χ0v) is 21.1. The van der Waals surface area contributed by atoms with Crippen molar-refractivity contribution in [3.05, 3.63) is 75.8 Å². The second kappa shape index (κ2) is 9.62. The smallest absolute Gasteiger partial charge is 0.262 e. The molecule has 1 unspecified atom stereocenters. The van der Waals surface area contributed by atoms with Gasteiger partial charge in [0.05, 0.1) is 23.7 Å². The molecule has 3 aromatic heterocycles. The van der Waals surface area contributed by atoms with E-state index in [1.165, 1.54) is 11.3 Å². The third-order valence-corrected chi connectivity index (χ3v) is 7.50. The molecule has 1 saturated carbocycles. The fourth-order valence-corrected chi connectivity index (χ4v) is 5.30. The summed E-state index contributed by atoms with van der Waals surface area (Å²) in [7, 11) is 1.61. The van der Waals surface area contributed by atoms with Gasteiger partial charge in [0, 0.05) is 23.7 Å². The second-order valence-electron chi connectivity index (χ2n) is 8.93. The van der Waals surface area contributed by atoms with Crippen LogP contribution in [0, 0.1) is 13.8 Å². The van der Waals surface area contributed by atoms with Crippen LogP contribution in [0.5, 0.6) is 11.5 Å². The molecule has 5 rings (SSSR count). The molecule has 4 aromatic rings. The number of amides is 1. The first-order chi connectivity index (χ1) is 16.9. The molecule has 180 valence electrons. The van der Waals surface area contributed by atoms with Crippen molar-refractivity contribution in [1.29, 1.82) is 0 Å². The summed E-state index contributed by atoms with van der Waals surface area (Å²) in [6.07, 6.45) is 5.78. The van der Waals surface area contributed by atoms with E-state index in [0.717, 1.165) is 51.3 Å². The number of nitrogens with one attached hydrogen (secondary N) is 1. The van der Waals surface area contributed by atoms with E-state index in [1.54, 1.807) is 19.5 Å². The van der Waals surface area contributed by atoms with Crippen LogP contribution >= 0.6 is 11.3 Å². The van der Waals surface area contributed by atoms with E-state index < -0.39 is 0 Å². The Morgan fingerprint density at radius 3 is 2.63 bits per heavy atom. The first kappa shape index (κ1) is 23.2. The number of nitrogens with zero attached hydrogens (tertiary/aromatic N) is 3. The standard InChI is InChI=1S/C27H28N4O3S/c1-15-23-17(3)29-25(19-5-6-19)31-27(23)35-24(15)26(32)30-16(2)20-7-8-21(22(13-20)33-4)34-14-18-9-11-28-12-10-18/h7-13,16,19H,5-6,14H2,1-4H3,(H,30,32). The number of hydrogen-bond acceptors (Lipinski definition) is 7. The van der Waals surface area contributed by atoms with Gasteiger partial charge in [0.2, 0.25) is 0 Å². The number of thiophene rings is 1. The third kappa shape index (κ3) is 4.84. The highest BCUT2D eigenvalue weighted by molar-refractivity contribution is 7.20. The van der Waals surface area contributed by atoms with Gasteiger partial charge in [0.15, 0.2) is 11.5 Å². The summed E-state index contributed by atoms with van der Waals surface area (Å²) in [4.78, 5) is 28.3. The van der Waals surface area contributed by atoms with Crippen LogP contribution in [-0.2, 0) is 6.61 Å². The van der Waals surface area contributed by atoms with Gasteiger partial charge in [0.1, 0.15) is 17.3 Å². The summed E-state index contributed by atoms with van der Waals surface area (Å²) in [6, 6.07) is 9.33. The van der Waals surface area contributed by atoms with Gasteiger partial charge in [-0.05, 0) is 74.6 Å². The fourth-order valence-electron chi connectivity index (χ4n) is 4.16. The van der Waals surface area contributed by atoms with Gasteiger partial charge in [0.25, 0.3) is 5.91 Å². The Hall–Kier alpha value is -3.52. The van der Waals surface area contributed by atoms with Crippen LogP contribution in [0.2, 0.25) is 0 Å². The summed E-state index contributed by atoms with van der Waals surface area (Å²) in [5.41, 5.74) is 3.84. The molecule has 1 N–H and O–H groups in total. The Balaban J connectivity index is 1.32. The van der Waals surface area contributed by atoms with Crippen molar-refractivity contribution in [3.8, 4) is 11.5 Å². The Morgan fingerprint density at radius 1 is 1.14 bits per heavy atom. The lowest BCUT2D eigenvalue weighted by molar-refractivity contribution is 0.0943. The molecule has 1 amide bonds. The summed E-state index contributed by atoms with van der Waals surface area (Å²) in [5, 5.41) is 4.13. The highest BCUT2D eigenvalue weighted by Crippen LogP contribution is 2.40. The molecule has 35 heavy (non-hydrogen) atoms. The largest absolute Gasteiger partial charge is 0.493 e. The summed E-state index contributed by atoms with van der Waals surface area (Å²) >= 11 is 1.45. The van der Waals surface area contributed by atoms with Crippen LogP contribution in [0.15, 0.2) is 42.7 Å². The minimum atomic E-state index is -0.218. The molecule has 0 aliphatic heterocycles. The summed E-state index contributed by atoms with van der Waals surface area (Å²) in [6.45, 7) is 6.36. The van der Waals surface area contributed by atoms with Crippen molar-refractivity contribution in [2.45, 2.75) is 52.2 Å². The maximum absolute atomic E-state index is 13.2. The van der Waals surface area contributed by atoms with Gasteiger partial charge < -0.3 is 14.8 Å². The molecule has 7 nitrogen and oxygen atoms in total. The number of rotatable bonds is 8. The number of ether oxygens (including phenoxy) is 2. The molecule has 0 saturated heterocycles. The summed E-state index contributed by atoms with van der Waals surface area (Å²) < 4.78 is 11.5. The predicted molar refractivity (Wildman–Crippen MR) is 136 cm³/mol. The van der Waals surface area contributed by atoms with Crippen molar-refractivity contribution < 1.29 is 14.3 Å². The molecule has 0 spiro atoms. The van der Waals surface area contributed by atoms with E-state index in [9.17, 15) is 4.79 Å². The van der Waals surface area contributed by atoms with E-state index in [4.69, 9.17) is 19.4 Å². The maximum Gasteiger partial charge on any atom is 0.262 e. The Morgan fingerprint density at radius 2 is 1.91 bits per heavy atom. The highest BCUT2D eigenvalue weighted by Gasteiger charge is 2.28. The zero-order valence-electron chi connectivity index (χ0n) is 20.3. The Kier molecular flexibility index (Phi) is 6.38. The van der Waals surface area contributed by atoms with Crippen LogP contribution in [-0.4, -0.2) is 28.0 Å². The third-order valence-electron chi connectivity index (χ3n) is 6.32. The van der Waals surface area contributed by atoms with Crippen LogP contribution in [0.1, 0.15) is 69.6 Å². The van der Waals surface area contributed by atoms with Crippen LogP contribution < -0.4 is 14.8 Å². The monoisotopic (exact) mass is 488 g/mol. The Labute approximate surface area is 208 Å². The molecular formula is C27H28N4O3S. The molecule has 1 atom stereocenters. The minimum absolute atomic E-state index is 0.109. The van der Waals surface area contributed by atoms with Crippen LogP contribution in [0.3, 0.4) is 0 Å². The molecule has 1 aromatic carbocycles. The number of pyridine rings is 1. The van der Waals surface area contributed by atoms with E-state index in [-0.39, 0.29) is 11.9 Å². The number of fused-ring (bicyclic) bond motifs is 1. The fraction of sp³-hybridized carbons (Fsp3) is 0.333. The van der Waals surface area contributed by atoms with Gasteiger partial charge in [-0.2, -0.15) is 0 Å². The van der Waals surface area contributed by atoms with Gasteiger partial charge in [-0.1, -0.05) is 6.07 Å². The van der Waals surface area contributed by atoms with Crippen molar-refractivity contribution in [1.82, 2.24) is 20.3 Å². The number of aryl methyl sites for hydroxylation is 2. The molecule has 0 bridgehead atoms. The first-order valence-corrected chi connectivity index (χ1v) is 12.5. The topological polar surface area (TPSA) is 86.2 Å². The molecule has 1 fully saturated rings. The van der Waals surface area contributed by atoms with E-state index in [0.29, 0.717) is 28.9 Å². The normalized spacial score (nSPS) is 14.1. The lowest BCUT2D eigenvalue weighted by Gasteiger charge is -2.17. The van der Waals surface area contributed by atoms with Crippen molar-refractivity contribution in [3.63, 3.8) is 0 Å². The number of benzene rings is 1. The highest BCUT2D eigenvalue weighted by atomic mass is 32.1. The predicted octanol–water partition coefficient (Wildman–Crippen LogP) is 5.66. The van der Waals surface area contributed by atoms with Crippen molar-refractivity contribution in [2.24, 2.45) is 0 Å². The summed E-state index contributed by atoms with van der Waals surface area (Å²) in [5.74, 6) is 2.54. The average Bonchev–Trinajstić information content (AvgIpc) is 3.66. The van der Waals surface area contributed by atoms with Gasteiger partial charge in [-0.3, -0.25) is 9.78 Å². The molecular weight excluding hydrogens is 460 g/mol. The first-order valence-electron chi connectivity index (χ1n) is 11.7. The van der Waals surface area contributed by atoms with Gasteiger partial charge >= 0.3 is 0 Å². The van der Waals surface area contributed by atoms with Crippen LogP contribution in [0.25, 0.3) is 10.2 Å². The van der Waals surface area contributed by atoms with Gasteiger partial charge in [-0.15, -0.1) is 11.3 Å². The number of carbonyl (C=O) groups excluding carboxylic acids is 1. The minimum Gasteiger partial charge on any atom is -0.493 e.